The van der Waals surface area contributed by atoms with Crippen LogP contribution in [0.3, 0.4) is 0 Å². The molecular formula is C43H68N2O5. The summed E-state index contributed by atoms with van der Waals surface area (Å²) in [5.41, 5.74) is 0.695. The molecule has 0 spiro atoms. The van der Waals surface area contributed by atoms with Gasteiger partial charge in [0.1, 0.15) is 6.10 Å². The monoisotopic (exact) mass is 693 g/mol. The highest BCUT2D eigenvalue weighted by Gasteiger charge is 2.71. The number of nitrogens with zero attached hydrogens (tertiary/aromatic N) is 2. The number of esters is 1. The van der Waals surface area contributed by atoms with Crippen molar-refractivity contribution in [3.8, 4) is 0 Å². The van der Waals surface area contributed by atoms with Gasteiger partial charge in [0.25, 0.3) is 0 Å². The van der Waals surface area contributed by atoms with E-state index in [1.807, 2.05) is 0 Å². The molecule has 7 rings (SSSR count). The standard InChI is InChI=1S/C43H68N2O5/c1-26(2)29-13-18-43(22-34(46)45-25-27-21-28(45)24-44(27)10)20-19-41(8)30(36(29)43)11-12-32-40(7)16-15-33(50-35(47)23-38(3,4)37(48)49)39(5,6)31(40)14-17-42(32,41)9/h27-33,36H,1,11-25H2,2-10H3,(H,48,49)/t27?,28?,29-,30+,31-,32+,33-,36+,40-,41+,42+,43+/m0/s1. The summed E-state index contributed by atoms with van der Waals surface area (Å²) in [6.45, 7) is 24.6. The van der Waals surface area contributed by atoms with Gasteiger partial charge in [-0.25, -0.2) is 0 Å². The van der Waals surface area contributed by atoms with Crippen molar-refractivity contribution in [2.45, 2.75) is 157 Å². The molecule has 2 bridgehead atoms. The van der Waals surface area contributed by atoms with Gasteiger partial charge in [-0.1, -0.05) is 46.8 Å². The van der Waals surface area contributed by atoms with Gasteiger partial charge in [0.2, 0.25) is 5.91 Å². The number of likely N-dealkylation sites (tertiary alicyclic amines) is 2. The number of hydrogen-bond donors (Lipinski definition) is 1. The number of carboxylic acid groups (broad SMARTS) is 1. The van der Waals surface area contributed by atoms with Crippen LogP contribution in [0.15, 0.2) is 12.2 Å². The average Bonchev–Trinajstić information content (AvgIpc) is 3.71. The van der Waals surface area contributed by atoms with E-state index in [4.69, 9.17) is 4.74 Å². The summed E-state index contributed by atoms with van der Waals surface area (Å²) in [6, 6.07) is 0.950. The Morgan fingerprint density at radius 3 is 2.20 bits per heavy atom. The van der Waals surface area contributed by atoms with E-state index in [2.05, 4.69) is 65.0 Å². The molecule has 2 unspecified atom stereocenters. The Kier molecular flexibility index (Phi) is 8.61. The third-order valence-electron chi connectivity index (χ3n) is 18.0. The van der Waals surface area contributed by atoms with Crippen LogP contribution in [0.1, 0.15) is 139 Å². The summed E-state index contributed by atoms with van der Waals surface area (Å²) in [6.07, 6.45) is 13.0. The Balaban J connectivity index is 1.13. The van der Waals surface area contributed by atoms with Gasteiger partial charge in [-0.2, -0.15) is 0 Å². The maximum absolute atomic E-state index is 14.2. The van der Waals surface area contributed by atoms with Crippen molar-refractivity contribution in [1.29, 1.82) is 0 Å². The molecule has 7 nitrogen and oxygen atoms in total. The van der Waals surface area contributed by atoms with Gasteiger partial charge in [0.05, 0.1) is 11.8 Å². The quantitative estimate of drug-likeness (QED) is 0.213. The molecule has 0 aromatic carbocycles. The average molecular weight is 693 g/mol. The molecule has 0 aromatic heterocycles. The number of carboxylic acids is 1. The SMILES string of the molecule is C=C(C)[C@@H]1CC[C@]2(CC(=O)N3CC4CC3CN4C)CC[C@]3(C)[C@H](CC[C@@H]4[C@@]5(C)CC[C@H](OC(=O)CC(C)(C)C(=O)O)C(C)(C)[C@@H]5CC[C@]43C)[C@@H]12. The molecule has 2 heterocycles. The van der Waals surface area contributed by atoms with Crippen molar-refractivity contribution in [2.75, 3.05) is 20.1 Å². The van der Waals surface area contributed by atoms with Crippen molar-refractivity contribution >= 4 is 17.8 Å². The van der Waals surface area contributed by atoms with Crippen LogP contribution in [0.25, 0.3) is 0 Å². The molecule has 50 heavy (non-hydrogen) atoms. The van der Waals surface area contributed by atoms with E-state index >= 15 is 0 Å². The number of carbonyl (C=O) groups is 3. The summed E-state index contributed by atoms with van der Waals surface area (Å²) in [5, 5.41) is 9.61. The smallest absolute Gasteiger partial charge is 0.309 e. The summed E-state index contributed by atoms with van der Waals surface area (Å²) < 4.78 is 6.19. The lowest BCUT2D eigenvalue weighted by atomic mass is 9.32. The normalized spacial score (nSPS) is 46.4. The van der Waals surface area contributed by atoms with E-state index in [9.17, 15) is 19.5 Å². The molecule has 2 aliphatic heterocycles. The number of piperazine rings is 1. The van der Waals surface area contributed by atoms with Crippen LogP contribution < -0.4 is 0 Å². The minimum absolute atomic E-state index is 0.0993. The molecule has 1 amide bonds. The zero-order valence-corrected chi connectivity index (χ0v) is 32.9. The highest BCUT2D eigenvalue weighted by atomic mass is 16.5. The topological polar surface area (TPSA) is 87.2 Å². The maximum atomic E-state index is 14.2. The van der Waals surface area contributed by atoms with Gasteiger partial charge in [-0.15, -0.1) is 0 Å². The largest absolute Gasteiger partial charge is 0.481 e. The van der Waals surface area contributed by atoms with Crippen molar-refractivity contribution in [3.63, 3.8) is 0 Å². The number of aliphatic carboxylic acids is 1. The molecule has 5 aliphatic carbocycles. The first-order valence-electron chi connectivity index (χ1n) is 20.3. The molecule has 7 heteroatoms. The summed E-state index contributed by atoms with van der Waals surface area (Å²) in [7, 11) is 2.22. The number of likely N-dealkylation sites (N-methyl/N-ethyl adjacent to an activating group) is 1. The van der Waals surface area contributed by atoms with E-state index in [1.165, 1.54) is 50.5 Å². The molecule has 2 saturated heterocycles. The Labute approximate surface area is 302 Å². The van der Waals surface area contributed by atoms with Crippen LogP contribution >= 0.6 is 0 Å². The van der Waals surface area contributed by atoms with Crippen LogP contribution in [0.4, 0.5) is 0 Å². The van der Waals surface area contributed by atoms with E-state index in [0.717, 1.165) is 45.2 Å². The fourth-order valence-electron chi connectivity index (χ4n) is 15.0. The van der Waals surface area contributed by atoms with Gasteiger partial charge < -0.3 is 14.7 Å². The van der Waals surface area contributed by atoms with Crippen LogP contribution in [0.5, 0.6) is 0 Å². The molecule has 7 aliphatic rings. The Bertz CT molecular complexity index is 1440. The predicted molar refractivity (Wildman–Crippen MR) is 196 cm³/mol. The minimum Gasteiger partial charge on any atom is -0.481 e. The highest BCUT2D eigenvalue weighted by molar-refractivity contribution is 5.81. The number of ether oxygens (including phenoxy) is 1. The van der Waals surface area contributed by atoms with E-state index in [0.29, 0.717) is 47.6 Å². The summed E-state index contributed by atoms with van der Waals surface area (Å²) >= 11 is 0. The van der Waals surface area contributed by atoms with Crippen LogP contribution in [-0.2, 0) is 19.1 Å². The first-order valence-corrected chi connectivity index (χ1v) is 20.3. The molecule has 12 atom stereocenters. The molecule has 0 aromatic rings. The van der Waals surface area contributed by atoms with E-state index < -0.39 is 11.4 Å². The number of rotatable bonds is 7. The number of hydrogen-bond acceptors (Lipinski definition) is 5. The zero-order valence-electron chi connectivity index (χ0n) is 32.9. The third kappa shape index (κ3) is 5.14. The third-order valence-corrected chi connectivity index (χ3v) is 18.0. The lowest BCUT2D eigenvalue weighted by molar-refractivity contribution is -0.250. The van der Waals surface area contributed by atoms with Crippen LogP contribution in [0, 0.1) is 62.1 Å². The first kappa shape index (κ1) is 36.5. The second kappa shape index (κ2) is 11.8. The summed E-state index contributed by atoms with van der Waals surface area (Å²) in [5.74, 6) is 1.78. The van der Waals surface area contributed by atoms with Crippen LogP contribution in [0.2, 0.25) is 0 Å². The van der Waals surface area contributed by atoms with Crippen LogP contribution in [-0.4, -0.2) is 71.1 Å². The van der Waals surface area contributed by atoms with Gasteiger partial charge in [0.15, 0.2) is 0 Å². The number of fused-ring (bicyclic) bond motifs is 9. The lowest BCUT2D eigenvalue weighted by Gasteiger charge is -2.73. The molecule has 7 fully saturated rings. The Hall–Kier alpha value is -1.89. The fourth-order valence-corrected chi connectivity index (χ4v) is 15.0. The molecular weight excluding hydrogens is 624 g/mol. The second-order valence-electron chi connectivity index (χ2n) is 21.0. The molecule has 0 radical (unpaired) electrons. The summed E-state index contributed by atoms with van der Waals surface area (Å²) in [4.78, 5) is 43.8. The predicted octanol–water partition coefficient (Wildman–Crippen LogP) is 8.36. The fraction of sp³-hybridized carbons (Fsp3) is 0.884. The number of allylic oxidation sites excluding steroid dienone is 1. The molecule has 280 valence electrons. The second-order valence-corrected chi connectivity index (χ2v) is 21.0. The van der Waals surface area contributed by atoms with Crippen molar-refractivity contribution in [2.24, 2.45) is 62.1 Å². The van der Waals surface area contributed by atoms with Crippen molar-refractivity contribution < 1.29 is 24.2 Å². The highest BCUT2D eigenvalue weighted by Crippen LogP contribution is 2.78. The van der Waals surface area contributed by atoms with Gasteiger partial charge in [-0.3, -0.25) is 19.3 Å². The zero-order chi connectivity index (χ0) is 36.4. The number of amides is 1. The maximum Gasteiger partial charge on any atom is 0.309 e. The van der Waals surface area contributed by atoms with Gasteiger partial charge in [-0.05, 0) is 150 Å². The molecule has 1 N–H and O–H groups in total. The van der Waals surface area contributed by atoms with Crippen molar-refractivity contribution in [3.05, 3.63) is 12.2 Å². The Morgan fingerprint density at radius 1 is 0.860 bits per heavy atom. The van der Waals surface area contributed by atoms with E-state index in [1.54, 1.807) is 13.8 Å². The van der Waals surface area contributed by atoms with Gasteiger partial charge >= 0.3 is 11.9 Å². The minimum atomic E-state index is -1.14. The Morgan fingerprint density at radius 2 is 1.58 bits per heavy atom. The van der Waals surface area contributed by atoms with Crippen molar-refractivity contribution in [1.82, 2.24) is 9.80 Å². The lowest BCUT2D eigenvalue weighted by Crippen LogP contribution is -2.67. The number of carbonyl (C=O) groups excluding carboxylic acids is 2. The first-order chi connectivity index (χ1) is 23.2. The van der Waals surface area contributed by atoms with Gasteiger partial charge in [0, 0.05) is 37.0 Å². The molecule has 5 saturated carbocycles. The van der Waals surface area contributed by atoms with E-state index in [-0.39, 0.29) is 45.6 Å².